The van der Waals surface area contributed by atoms with Gasteiger partial charge in [-0.15, -0.1) is 0 Å². The molecule has 1 nitrogen and oxygen atoms in total. The number of hydrogen-bond donors (Lipinski definition) is 0. The van der Waals surface area contributed by atoms with Crippen LogP contribution in [0.25, 0.3) is 0 Å². The first kappa shape index (κ1) is 12.3. The molecule has 4 bridgehead atoms. The van der Waals surface area contributed by atoms with E-state index in [1.165, 1.54) is 38.5 Å². The van der Waals surface area contributed by atoms with E-state index < -0.39 is 0 Å². The molecule has 4 aliphatic carbocycles. The van der Waals surface area contributed by atoms with Crippen molar-refractivity contribution < 1.29 is 4.74 Å². The molecule has 0 aliphatic heterocycles. The van der Waals surface area contributed by atoms with Gasteiger partial charge in [-0.1, -0.05) is 11.8 Å². The van der Waals surface area contributed by atoms with Gasteiger partial charge in [-0.3, -0.25) is 0 Å². The summed E-state index contributed by atoms with van der Waals surface area (Å²) in [5, 5.41) is 0. The van der Waals surface area contributed by atoms with E-state index in [1.807, 2.05) is 12.1 Å². The molecular weight excluding hydrogens is 244 g/mol. The second kappa shape index (κ2) is 4.55. The van der Waals surface area contributed by atoms with E-state index in [0.29, 0.717) is 5.41 Å². The van der Waals surface area contributed by atoms with Gasteiger partial charge in [0, 0.05) is 11.0 Å². The van der Waals surface area contributed by atoms with Gasteiger partial charge in [-0.2, -0.15) is 0 Å². The summed E-state index contributed by atoms with van der Waals surface area (Å²) in [6.45, 7) is 0. The third-order valence-corrected chi connectivity index (χ3v) is 5.60. The molecule has 1 aromatic carbocycles. The first-order valence-electron chi connectivity index (χ1n) is 7.92. The fourth-order valence-corrected chi connectivity index (χ4v) is 5.14. The van der Waals surface area contributed by atoms with Crippen molar-refractivity contribution in [2.24, 2.45) is 23.2 Å². The van der Waals surface area contributed by atoms with E-state index in [9.17, 15) is 0 Å². The molecule has 0 N–H and O–H groups in total. The minimum atomic E-state index is 0.356. The summed E-state index contributed by atoms with van der Waals surface area (Å²) in [7, 11) is 1.70. The van der Waals surface area contributed by atoms with Gasteiger partial charge < -0.3 is 4.74 Å². The zero-order valence-electron chi connectivity index (χ0n) is 12.2. The van der Waals surface area contributed by atoms with Crippen molar-refractivity contribution in [3.8, 4) is 17.6 Å². The highest BCUT2D eigenvalue weighted by Crippen LogP contribution is 2.59. The van der Waals surface area contributed by atoms with E-state index in [2.05, 4.69) is 24.0 Å². The van der Waals surface area contributed by atoms with Crippen molar-refractivity contribution in [3.05, 3.63) is 29.8 Å². The molecule has 0 aromatic heterocycles. The van der Waals surface area contributed by atoms with Crippen LogP contribution in [0.5, 0.6) is 5.75 Å². The fourth-order valence-electron chi connectivity index (χ4n) is 5.14. The molecule has 0 heterocycles. The van der Waals surface area contributed by atoms with Gasteiger partial charge in [0.25, 0.3) is 0 Å². The Morgan fingerprint density at radius 3 is 2.00 bits per heavy atom. The van der Waals surface area contributed by atoms with Crippen molar-refractivity contribution in [3.63, 3.8) is 0 Å². The molecule has 0 amide bonds. The Bertz CT molecular complexity index is 522. The number of ether oxygens (including phenoxy) is 1. The lowest BCUT2D eigenvalue weighted by molar-refractivity contribution is -0.0181. The topological polar surface area (TPSA) is 9.23 Å². The summed E-state index contributed by atoms with van der Waals surface area (Å²) in [6, 6.07) is 8.16. The van der Waals surface area contributed by atoms with E-state index >= 15 is 0 Å². The molecule has 0 saturated heterocycles. The van der Waals surface area contributed by atoms with Crippen molar-refractivity contribution in [2.75, 3.05) is 7.11 Å². The smallest absolute Gasteiger partial charge is 0.118 e. The number of hydrogen-bond acceptors (Lipinski definition) is 1. The summed E-state index contributed by atoms with van der Waals surface area (Å²) in [5.41, 5.74) is 1.48. The standard InChI is InChI=1S/C19H22O/c1-20-18-4-2-14(3-5-18)6-7-19-11-15-8-16(12-19)10-17(9-15)13-19/h2-5,15-17H,8-13H2,1H3. The van der Waals surface area contributed by atoms with E-state index in [-0.39, 0.29) is 0 Å². The van der Waals surface area contributed by atoms with Crippen LogP contribution in [0.4, 0.5) is 0 Å². The Hall–Kier alpha value is -1.42. The Morgan fingerprint density at radius 1 is 0.950 bits per heavy atom. The highest BCUT2D eigenvalue weighted by molar-refractivity contribution is 5.39. The number of rotatable bonds is 1. The molecule has 1 aromatic rings. The van der Waals surface area contributed by atoms with Gasteiger partial charge in [-0.05, 0) is 80.5 Å². The summed E-state index contributed by atoms with van der Waals surface area (Å²) in [5.74, 6) is 11.0. The average molecular weight is 266 g/mol. The molecule has 0 atom stereocenters. The van der Waals surface area contributed by atoms with Gasteiger partial charge in [0.2, 0.25) is 0 Å². The minimum Gasteiger partial charge on any atom is -0.497 e. The molecule has 4 aliphatic rings. The largest absolute Gasteiger partial charge is 0.497 e. The Labute approximate surface area is 121 Å². The Kier molecular flexibility index (Phi) is 2.81. The van der Waals surface area contributed by atoms with Crippen LogP contribution in [0.1, 0.15) is 44.1 Å². The first-order chi connectivity index (χ1) is 9.75. The molecule has 20 heavy (non-hydrogen) atoms. The van der Waals surface area contributed by atoms with Crippen molar-refractivity contribution in [1.82, 2.24) is 0 Å². The van der Waals surface area contributed by atoms with Crippen LogP contribution in [0.15, 0.2) is 24.3 Å². The van der Waals surface area contributed by atoms with Gasteiger partial charge >= 0.3 is 0 Å². The van der Waals surface area contributed by atoms with Crippen LogP contribution < -0.4 is 4.74 Å². The second-order valence-corrected chi connectivity index (χ2v) is 7.18. The SMILES string of the molecule is COc1ccc(C#CC23CC4CC(CC(C4)C2)C3)cc1. The first-order valence-corrected chi connectivity index (χ1v) is 7.92. The van der Waals surface area contributed by atoms with Crippen LogP contribution in [-0.2, 0) is 0 Å². The van der Waals surface area contributed by atoms with Crippen LogP contribution in [0.3, 0.4) is 0 Å². The molecule has 4 fully saturated rings. The lowest BCUT2D eigenvalue weighted by Crippen LogP contribution is -2.45. The molecule has 0 spiro atoms. The van der Waals surface area contributed by atoms with E-state index in [1.54, 1.807) is 7.11 Å². The van der Waals surface area contributed by atoms with Crippen molar-refractivity contribution in [2.45, 2.75) is 38.5 Å². The van der Waals surface area contributed by atoms with Crippen molar-refractivity contribution in [1.29, 1.82) is 0 Å². The zero-order chi connectivity index (χ0) is 13.6. The predicted octanol–water partition coefficient (Wildman–Crippen LogP) is 4.26. The maximum Gasteiger partial charge on any atom is 0.118 e. The number of methoxy groups -OCH3 is 1. The zero-order valence-corrected chi connectivity index (χ0v) is 12.2. The molecule has 104 valence electrons. The van der Waals surface area contributed by atoms with Gasteiger partial charge in [0.05, 0.1) is 7.11 Å². The van der Waals surface area contributed by atoms with Crippen molar-refractivity contribution >= 4 is 0 Å². The molecule has 5 rings (SSSR count). The summed E-state index contributed by atoms with van der Waals surface area (Å²) >= 11 is 0. The molecular formula is C19H22O. The summed E-state index contributed by atoms with van der Waals surface area (Å²) < 4.78 is 5.20. The van der Waals surface area contributed by atoms with Crippen LogP contribution in [0, 0.1) is 35.0 Å². The number of benzene rings is 1. The monoisotopic (exact) mass is 266 g/mol. The Morgan fingerprint density at radius 2 is 1.50 bits per heavy atom. The second-order valence-electron chi connectivity index (χ2n) is 7.18. The van der Waals surface area contributed by atoms with Crippen LogP contribution in [0.2, 0.25) is 0 Å². The quantitative estimate of drug-likeness (QED) is 0.690. The third-order valence-electron chi connectivity index (χ3n) is 5.60. The van der Waals surface area contributed by atoms with E-state index in [0.717, 1.165) is 29.1 Å². The maximum absolute atomic E-state index is 5.20. The molecule has 0 unspecified atom stereocenters. The average Bonchev–Trinajstić information content (AvgIpc) is 2.44. The molecule has 1 heteroatoms. The lowest BCUT2D eigenvalue weighted by Gasteiger charge is -2.54. The highest BCUT2D eigenvalue weighted by Gasteiger charge is 2.50. The van der Waals surface area contributed by atoms with E-state index in [4.69, 9.17) is 4.74 Å². The van der Waals surface area contributed by atoms with Gasteiger partial charge in [0.15, 0.2) is 0 Å². The summed E-state index contributed by atoms with van der Waals surface area (Å²) in [6.07, 6.45) is 8.56. The lowest BCUT2D eigenvalue weighted by atomic mass is 9.50. The van der Waals surface area contributed by atoms with Gasteiger partial charge in [0.1, 0.15) is 5.75 Å². The van der Waals surface area contributed by atoms with Crippen LogP contribution >= 0.6 is 0 Å². The maximum atomic E-state index is 5.20. The normalized spacial score (nSPS) is 37.4. The van der Waals surface area contributed by atoms with Crippen LogP contribution in [-0.4, -0.2) is 7.11 Å². The highest BCUT2D eigenvalue weighted by atomic mass is 16.5. The summed E-state index contributed by atoms with van der Waals surface area (Å²) in [4.78, 5) is 0. The Balaban J connectivity index is 1.58. The molecule has 0 radical (unpaired) electrons. The van der Waals surface area contributed by atoms with Gasteiger partial charge in [-0.25, -0.2) is 0 Å². The third kappa shape index (κ3) is 2.12. The minimum absolute atomic E-state index is 0.356. The predicted molar refractivity (Wildman–Crippen MR) is 80.5 cm³/mol. The molecule has 4 saturated carbocycles. The fraction of sp³-hybridized carbons (Fsp3) is 0.579.